The fraction of sp³-hybridized carbons (Fsp3) is 0.389. The normalized spacial score (nSPS) is 18.6. The number of anilines is 1. The van der Waals surface area contributed by atoms with Crippen LogP contribution in [0.2, 0.25) is 5.02 Å². The second-order valence-corrected chi connectivity index (χ2v) is 9.91. The number of rotatable bonds is 5. The molecule has 1 fully saturated rings. The molecule has 1 amide bonds. The predicted octanol–water partition coefficient (Wildman–Crippen LogP) is 4.28. The highest BCUT2D eigenvalue weighted by Gasteiger charge is 2.35. The van der Waals surface area contributed by atoms with E-state index in [9.17, 15) is 13.2 Å². The first-order chi connectivity index (χ1) is 12.4. The zero-order valence-corrected chi connectivity index (χ0v) is 16.8. The lowest BCUT2D eigenvalue weighted by Gasteiger charge is -2.34. The summed E-state index contributed by atoms with van der Waals surface area (Å²) in [5.74, 6) is -0.200. The minimum absolute atomic E-state index is 0.135. The Hall–Kier alpha value is -1.41. The molecule has 8 heteroatoms. The number of nitrogens with one attached hydrogen (secondary N) is 1. The molecule has 1 atom stereocenters. The summed E-state index contributed by atoms with van der Waals surface area (Å²) >= 11 is 7.20. The lowest BCUT2D eigenvalue weighted by molar-refractivity contribution is -0.117. The van der Waals surface area contributed by atoms with Crippen LogP contribution in [0.3, 0.4) is 0 Å². The third-order valence-corrected chi connectivity index (χ3v) is 8.09. The SMILES string of the molecule is Cc1ccc(Cl)cc1NC(=O)CC1CCCCN1S(=O)(=O)c1cccs1. The van der Waals surface area contributed by atoms with Crippen LogP contribution in [-0.4, -0.2) is 31.2 Å². The van der Waals surface area contributed by atoms with Crippen molar-refractivity contribution >= 4 is 44.6 Å². The third kappa shape index (κ3) is 4.28. The van der Waals surface area contributed by atoms with E-state index in [0.29, 0.717) is 27.9 Å². The molecule has 5 nitrogen and oxygen atoms in total. The standard InChI is InChI=1S/C18H21ClN2O3S2/c1-13-7-8-14(19)11-16(13)20-17(22)12-15-5-2-3-9-21(15)26(23,24)18-6-4-10-25-18/h4,6-8,10-11,15H,2-3,5,9,12H2,1H3,(H,20,22). The van der Waals surface area contributed by atoms with Crippen LogP contribution in [0, 0.1) is 6.92 Å². The fourth-order valence-corrected chi connectivity index (χ4v) is 6.15. The van der Waals surface area contributed by atoms with Gasteiger partial charge in [-0.3, -0.25) is 4.79 Å². The maximum atomic E-state index is 12.9. The number of halogens is 1. The van der Waals surface area contributed by atoms with Crippen LogP contribution in [0.4, 0.5) is 5.69 Å². The first-order valence-electron chi connectivity index (χ1n) is 8.49. The summed E-state index contributed by atoms with van der Waals surface area (Å²) in [6.07, 6.45) is 2.56. The Bertz CT molecular complexity index is 882. The van der Waals surface area contributed by atoms with E-state index >= 15 is 0 Å². The van der Waals surface area contributed by atoms with Crippen LogP contribution in [0.25, 0.3) is 0 Å². The Morgan fingerprint density at radius 1 is 1.35 bits per heavy atom. The Kier molecular flexibility index (Phi) is 6.02. The van der Waals surface area contributed by atoms with Crippen LogP contribution in [0.5, 0.6) is 0 Å². The van der Waals surface area contributed by atoms with Crippen molar-refractivity contribution in [2.24, 2.45) is 0 Å². The molecule has 1 unspecified atom stereocenters. The average Bonchev–Trinajstić information content (AvgIpc) is 3.14. The molecule has 140 valence electrons. The van der Waals surface area contributed by atoms with Crippen molar-refractivity contribution in [3.05, 3.63) is 46.3 Å². The molecule has 3 rings (SSSR count). The van der Waals surface area contributed by atoms with Gasteiger partial charge in [0.05, 0.1) is 0 Å². The van der Waals surface area contributed by atoms with Gasteiger partial charge in [-0.1, -0.05) is 30.2 Å². The monoisotopic (exact) mass is 412 g/mol. The summed E-state index contributed by atoms with van der Waals surface area (Å²) in [5.41, 5.74) is 1.57. The second kappa shape index (κ2) is 8.08. The highest BCUT2D eigenvalue weighted by atomic mass is 35.5. The van der Waals surface area contributed by atoms with Crippen molar-refractivity contribution in [1.82, 2.24) is 4.31 Å². The van der Waals surface area contributed by atoms with Gasteiger partial charge in [-0.25, -0.2) is 8.42 Å². The van der Waals surface area contributed by atoms with E-state index in [0.717, 1.165) is 18.4 Å². The number of carbonyl (C=O) groups is 1. The molecule has 1 aliphatic rings. The molecule has 0 saturated carbocycles. The summed E-state index contributed by atoms with van der Waals surface area (Å²) in [7, 11) is -3.55. The lowest BCUT2D eigenvalue weighted by Crippen LogP contribution is -2.45. The summed E-state index contributed by atoms with van der Waals surface area (Å²) in [6.45, 7) is 2.34. The van der Waals surface area contributed by atoms with Crippen molar-refractivity contribution in [1.29, 1.82) is 0 Å². The highest BCUT2D eigenvalue weighted by molar-refractivity contribution is 7.91. The van der Waals surface area contributed by atoms with Crippen LogP contribution < -0.4 is 5.32 Å². The molecule has 0 aliphatic carbocycles. The highest BCUT2D eigenvalue weighted by Crippen LogP contribution is 2.29. The molecule has 1 saturated heterocycles. The smallest absolute Gasteiger partial charge is 0.252 e. The predicted molar refractivity (Wildman–Crippen MR) is 105 cm³/mol. The van der Waals surface area contributed by atoms with Gasteiger partial charge >= 0.3 is 0 Å². The zero-order valence-electron chi connectivity index (χ0n) is 14.4. The lowest BCUT2D eigenvalue weighted by atomic mass is 10.0. The molecular formula is C18H21ClN2O3S2. The topological polar surface area (TPSA) is 66.5 Å². The number of benzene rings is 1. The van der Waals surface area contributed by atoms with Gasteiger partial charge in [-0.2, -0.15) is 4.31 Å². The molecule has 0 spiro atoms. The summed E-state index contributed by atoms with van der Waals surface area (Å²) in [6, 6.07) is 8.33. The number of hydrogen-bond acceptors (Lipinski definition) is 4. The molecule has 1 aromatic heterocycles. The summed E-state index contributed by atoms with van der Waals surface area (Å²) in [4.78, 5) is 12.5. The molecule has 2 heterocycles. The van der Waals surface area contributed by atoms with Gasteiger partial charge in [0.1, 0.15) is 4.21 Å². The average molecular weight is 413 g/mol. The maximum absolute atomic E-state index is 12.9. The summed E-state index contributed by atoms with van der Waals surface area (Å²) < 4.78 is 27.6. The summed E-state index contributed by atoms with van der Waals surface area (Å²) in [5, 5.41) is 5.16. The van der Waals surface area contributed by atoms with E-state index < -0.39 is 10.0 Å². The van der Waals surface area contributed by atoms with Gasteiger partial charge in [-0.15, -0.1) is 11.3 Å². The van der Waals surface area contributed by atoms with E-state index in [4.69, 9.17) is 11.6 Å². The molecule has 1 aliphatic heterocycles. The Morgan fingerprint density at radius 3 is 2.88 bits per heavy atom. The third-order valence-electron chi connectivity index (χ3n) is 4.53. The van der Waals surface area contributed by atoms with E-state index in [1.54, 1.807) is 29.6 Å². The van der Waals surface area contributed by atoms with E-state index in [-0.39, 0.29) is 18.4 Å². The molecular weight excluding hydrogens is 392 g/mol. The van der Waals surface area contributed by atoms with Gasteiger partial charge in [-0.05, 0) is 48.9 Å². The van der Waals surface area contributed by atoms with Crippen LogP contribution in [-0.2, 0) is 14.8 Å². The number of aryl methyl sites for hydroxylation is 1. The van der Waals surface area contributed by atoms with Gasteiger partial charge in [0.15, 0.2) is 0 Å². The minimum atomic E-state index is -3.55. The van der Waals surface area contributed by atoms with Crippen LogP contribution in [0.15, 0.2) is 39.9 Å². The largest absolute Gasteiger partial charge is 0.326 e. The number of amides is 1. The molecule has 0 bridgehead atoms. The number of thiophene rings is 1. The van der Waals surface area contributed by atoms with Crippen molar-refractivity contribution in [2.45, 2.75) is 42.9 Å². The van der Waals surface area contributed by atoms with Crippen LogP contribution >= 0.6 is 22.9 Å². The number of hydrogen-bond donors (Lipinski definition) is 1. The quantitative estimate of drug-likeness (QED) is 0.796. The van der Waals surface area contributed by atoms with Gasteiger partial charge in [0.25, 0.3) is 10.0 Å². The Balaban J connectivity index is 1.74. The molecule has 1 N–H and O–H groups in total. The Labute approximate surface area is 163 Å². The molecule has 1 aromatic carbocycles. The van der Waals surface area contributed by atoms with Crippen molar-refractivity contribution in [3.63, 3.8) is 0 Å². The first-order valence-corrected chi connectivity index (χ1v) is 11.2. The fourth-order valence-electron chi connectivity index (χ4n) is 3.16. The van der Waals surface area contributed by atoms with E-state index in [2.05, 4.69) is 5.32 Å². The van der Waals surface area contributed by atoms with Gasteiger partial charge in [0.2, 0.25) is 5.91 Å². The van der Waals surface area contributed by atoms with Gasteiger partial charge in [0, 0.05) is 29.7 Å². The minimum Gasteiger partial charge on any atom is -0.326 e. The molecule has 0 radical (unpaired) electrons. The number of piperidine rings is 1. The van der Waals surface area contributed by atoms with Gasteiger partial charge < -0.3 is 5.32 Å². The second-order valence-electron chi connectivity index (χ2n) is 6.41. The molecule has 2 aromatic rings. The van der Waals surface area contributed by atoms with Crippen molar-refractivity contribution < 1.29 is 13.2 Å². The number of nitrogens with zero attached hydrogens (tertiary/aromatic N) is 1. The first kappa shape index (κ1) is 19.4. The Morgan fingerprint density at radius 2 is 2.15 bits per heavy atom. The zero-order chi connectivity index (χ0) is 18.7. The molecule has 26 heavy (non-hydrogen) atoms. The number of sulfonamides is 1. The van der Waals surface area contributed by atoms with Crippen molar-refractivity contribution in [2.75, 3.05) is 11.9 Å². The van der Waals surface area contributed by atoms with Crippen LogP contribution in [0.1, 0.15) is 31.2 Å². The maximum Gasteiger partial charge on any atom is 0.252 e. The van der Waals surface area contributed by atoms with E-state index in [1.165, 1.54) is 15.6 Å². The number of carbonyl (C=O) groups excluding carboxylic acids is 1. The van der Waals surface area contributed by atoms with Crippen molar-refractivity contribution in [3.8, 4) is 0 Å². The van der Waals surface area contributed by atoms with E-state index in [1.807, 2.05) is 13.0 Å².